The summed E-state index contributed by atoms with van der Waals surface area (Å²) in [5, 5.41) is 18.0. The van der Waals surface area contributed by atoms with E-state index in [1.54, 1.807) is 5.38 Å². The fraction of sp³-hybridized carbons (Fsp3) is 0.200. The highest BCUT2D eigenvalue weighted by Gasteiger charge is 2.13. The van der Waals surface area contributed by atoms with E-state index < -0.39 is 6.10 Å². The number of hydrogen-bond acceptors (Lipinski definition) is 6. The quantitative estimate of drug-likeness (QED) is 0.779. The van der Waals surface area contributed by atoms with E-state index in [1.807, 2.05) is 16.8 Å². The molecule has 2 rings (SSSR count). The first-order valence-corrected chi connectivity index (χ1v) is 6.68. The lowest BCUT2D eigenvalue weighted by atomic mass is 10.2. The first kappa shape index (κ1) is 12.0. The average molecular weight is 269 g/mol. The summed E-state index contributed by atoms with van der Waals surface area (Å²) in [5.41, 5.74) is 6.51. The predicted octanol–water partition coefficient (Wildman–Crippen LogP) is 1.25. The Bertz CT molecular complexity index is 495. The molecule has 2 aromatic heterocycles. The third kappa shape index (κ3) is 3.02. The molecule has 2 heterocycles. The van der Waals surface area contributed by atoms with Gasteiger partial charge in [0, 0.05) is 11.9 Å². The van der Waals surface area contributed by atoms with Crippen molar-refractivity contribution in [1.29, 1.82) is 0 Å². The van der Waals surface area contributed by atoms with Gasteiger partial charge in [-0.15, -0.1) is 11.3 Å². The molecule has 5 nitrogen and oxygen atoms in total. The van der Waals surface area contributed by atoms with Crippen LogP contribution in [0.2, 0.25) is 0 Å². The normalized spacial score (nSPS) is 12.3. The van der Waals surface area contributed by atoms with Crippen molar-refractivity contribution in [2.45, 2.75) is 6.10 Å². The van der Waals surface area contributed by atoms with Gasteiger partial charge in [0.25, 0.3) is 5.91 Å². The Kier molecular flexibility index (Phi) is 3.72. The van der Waals surface area contributed by atoms with E-state index in [1.165, 1.54) is 22.7 Å². The summed E-state index contributed by atoms with van der Waals surface area (Å²) in [7, 11) is 0. The summed E-state index contributed by atoms with van der Waals surface area (Å²) < 4.78 is 0. The fourth-order valence-corrected chi connectivity index (χ4v) is 2.50. The molecule has 4 N–H and O–H groups in total. The molecule has 0 fully saturated rings. The van der Waals surface area contributed by atoms with Crippen LogP contribution in [-0.4, -0.2) is 22.5 Å². The van der Waals surface area contributed by atoms with Gasteiger partial charge in [-0.25, -0.2) is 4.98 Å². The van der Waals surface area contributed by atoms with Gasteiger partial charge in [-0.05, 0) is 22.4 Å². The van der Waals surface area contributed by atoms with Crippen LogP contribution in [0.4, 0.5) is 5.13 Å². The van der Waals surface area contributed by atoms with Crippen LogP contribution in [0, 0.1) is 0 Å². The zero-order valence-electron chi connectivity index (χ0n) is 8.79. The van der Waals surface area contributed by atoms with E-state index in [4.69, 9.17) is 5.73 Å². The van der Waals surface area contributed by atoms with Gasteiger partial charge in [0.15, 0.2) is 5.13 Å². The van der Waals surface area contributed by atoms with E-state index >= 15 is 0 Å². The zero-order chi connectivity index (χ0) is 12.3. The summed E-state index contributed by atoms with van der Waals surface area (Å²) in [5.74, 6) is -0.327. The minimum atomic E-state index is -0.693. The molecule has 17 heavy (non-hydrogen) atoms. The highest BCUT2D eigenvalue weighted by atomic mass is 32.1. The second-order valence-corrected chi connectivity index (χ2v) is 5.02. The van der Waals surface area contributed by atoms with Crippen LogP contribution >= 0.6 is 22.7 Å². The molecule has 0 aliphatic rings. The molecule has 0 saturated heterocycles. The maximum atomic E-state index is 11.6. The predicted molar refractivity (Wildman–Crippen MR) is 68.1 cm³/mol. The molecule has 0 aliphatic carbocycles. The van der Waals surface area contributed by atoms with Crippen molar-refractivity contribution in [2.75, 3.05) is 12.3 Å². The number of rotatable bonds is 4. The zero-order valence-corrected chi connectivity index (χ0v) is 10.4. The number of thiazole rings is 1. The summed E-state index contributed by atoms with van der Waals surface area (Å²) >= 11 is 2.71. The lowest BCUT2D eigenvalue weighted by molar-refractivity contribution is 0.0912. The molecule has 1 unspecified atom stereocenters. The Labute approximate surface area is 106 Å². The molecule has 0 aromatic carbocycles. The Hall–Kier alpha value is -1.44. The highest BCUT2D eigenvalue weighted by Crippen LogP contribution is 2.15. The Balaban J connectivity index is 1.88. The molecule has 90 valence electrons. The molecule has 0 saturated carbocycles. The van der Waals surface area contributed by atoms with Crippen molar-refractivity contribution in [3.8, 4) is 0 Å². The van der Waals surface area contributed by atoms with E-state index in [9.17, 15) is 9.90 Å². The number of nitrogens with zero attached hydrogens (tertiary/aromatic N) is 1. The maximum Gasteiger partial charge on any atom is 0.270 e. The first-order chi connectivity index (χ1) is 8.16. The number of aliphatic hydroxyl groups is 1. The molecule has 0 aliphatic heterocycles. The fourth-order valence-electron chi connectivity index (χ4n) is 1.25. The molecule has 0 bridgehead atoms. The minimum absolute atomic E-state index is 0.160. The van der Waals surface area contributed by atoms with Crippen LogP contribution in [-0.2, 0) is 0 Å². The van der Waals surface area contributed by atoms with Crippen LogP contribution in [0.25, 0.3) is 0 Å². The third-order valence-electron chi connectivity index (χ3n) is 2.14. The summed E-state index contributed by atoms with van der Waals surface area (Å²) in [6.07, 6.45) is -0.693. The Morgan fingerprint density at radius 2 is 2.41 bits per heavy atom. The average Bonchev–Trinajstić information content (AvgIpc) is 2.95. The van der Waals surface area contributed by atoms with Gasteiger partial charge >= 0.3 is 0 Å². The van der Waals surface area contributed by atoms with Crippen molar-refractivity contribution < 1.29 is 9.90 Å². The molecular weight excluding hydrogens is 258 g/mol. The summed E-state index contributed by atoms with van der Waals surface area (Å²) in [4.78, 5) is 15.5. The largest absolute Gasteiger partial charge is 0.387 e. The Morgan fingerprint density at radius 1 is 1.59 bits per heavy atom. The number of anilines is 1. The van der Waals surface area contributed by atoms with Gasteiger partial charge in [-0.1, -0.05) is 0 Å². The molecule has 2 aromatic rings. The number of amides is 1. The third-order valence-corrected chi connectivity index (χ3v) is 3.51. The summed E-state index contributed by atoms with van der Waals surface area (Å²) in [6, 6.07) is 1.82. The lowest BCUT2D eigenvalue weighted by Gasteiger charge is -2.09. The Morgan fingerprint density at radius 3 is 3.00 bits per heavy atom. The van der Waals surface area contributed by atoms with Crippen molar-refractivity contribution in [3.05, 3.63) is 33.5 Å². The van der Waals surface area contributed by atoms with Gasteiger partial charge in [-0.3, -0.25) is 4.79 Å². The molecular formula is C10H11N3O2S2. The van der Waals surface area contributed by atoms with Crippen LogP contribution in [0.1, 0.15) is 22.2 Å². The molecule has 1 amide bonds. The van der Waals surface area contributed by atoms with Crippen LogP contribution in [0.15, 0.2) is 22.2 Å². The number of hydrogen-bond donors (Lipinski definition) is 3. The maximum absolute atomic E-state index is 11.6. The number of aromatic nitrogens is 1. The number of thiophene rings is 1. The monoisotopic (exact) mass is 269 g/mol. The van der Waals surface area contributed by atoms with Gasteiger partial charge in [0.1, 0.15) is 5.69 Å². The second kappa shape index (κ2) is 5.26. The number of aliphatic hydroxyl groups excluding tert-OH is 1. The van der Waals surface area contributed by atoms with Crippen molar-refractivity contribution >= 4 is 33.7 Å². The van der Waals surface area contributed by atoms with E-state index in [2.05, 4.69) is 10.3 Å². The van der Waals surface area contributed by atoms with Gasteiger partial charge < -0.3 is 16.2 Å². The number of nitrogen functional groups attached to an aromatic ring is 1. The minimum Gasteiger partial charge on any atom is -0.387 e. The van der Waals surface area contributed by atoms with Crippen LogP contribution < -0.4 is 11.1 Å². The number of nitrogens with one attached hydrogen (secondary N) is 1. The van der Waals surface area contributed by atoms with E-state index in [0.717, 1.165) is 5.56 Å². The number of nitrogens with two attached hydrogens (primary N) is 1. The van der Waals surface area contributed by atoms with Crippen molar-refractivity contribution in [3.63, 3.8) is 0 Å². The van der Waals surface area contributed by atoms with Crippen LogP contribution in [0.3, 0.4) is 0 Å². The molecule has 7 heteroatoms. The SMILES string of the molecule is Nc1nc(C(=O)NCC(O)c2ccsc2)cs1. The first-order valence-electron chi connectivity index (χ1n) is 4.86. The molecule has 1 atom stereocenters. The lowest BCUT2D eigenvalue weighted by Crippen LogP contribution is -2.28. The number of carbonyl (C=O) groups excluding carboxylic acids is 1. The highest BCUT2D eigenvalue weighted by molar-refractivity contribution is 7.13. The van der Waals surface area contributed by atoms with Gasteiger partial charge in [-0.2, -0.15) is 11.3 Å². The summed E-state index contributed by atoms with van der Waals surface area (Å²) in [6.45, 7) is 0.160. The number of carbonyl (C=O) groups is 1. The van der Waals surface area contributed by atoms with Crippen molar-refractivity contribution in [2.24, 2.45) is 0 Å². The van der Waals surface area contributed by atoms with E-state index in [-0.39, 0.29) is 18.1 Å². The molecule has 0 radical (unpaired) electrons. The van der Waals surface area contributed by atoms with Gasteiger partial charge in [0.2, 0.25) is 0 Å². The van der Waals surface area contributed by atoms with Crippen LogP contribution in [0.5, 0.6) is 0 Å². The van der Waals surface area contributed by atoms with Crippen molar-refractivity contribution in [1.82, 2.24) is 10.3 Å². The smallest absolute Gasteiger partial charge is 0.270 e. The topological polar surface area (TPSA) is 88.2 Å². The molecule has 0 spiro atoms. The second-order valence-electron chi connectivity index (χ2n) is 3.35. The van der Waals surface area contributed by atoms with Gasteiger partial charge in [0.05, 0.1) is 6.10 Å². The van der Waals surface area contributed by atoms with E-state index in [0.29, 0.717) is 5.13 Å². The standard InChI is InChI=1S/C10H11N3O2S2/c11-10-13-7(5-17-10)9(15)12-3-8(14)6-1-2-16-4-6/h1-2,4-5,8,14H,3H2,(H2,11,13)(H,12,15).